The molecule has 0 saturated carbocycles. The Morgan fingerprint density at radius 1 is 1.12 bits per heavy atom. The smallest absolute Gasteiger partial charge is 0.322 e. The number of hydrogen-bond acceptors (Lipinski definition) is 4. The predicted octanol–water partition coefficient (Wildman–Crippen LogP) is 3.52. The number of hydrogen-bond donors (Lipinski definition) is 2. The molecule has 25 heavy (non-hydrogen) atoms. The number of ether oxygens (including phenoxy) is 1. The third kappa shape index (κ3) is 4.94. The maximum atomic E-state index is 12.3. The Morgan fingerprint density at radius 2 is 1.72 bits per heavy atom. The van der Waals surface area contributed by atoms with Gasteiger partial charge in [-0.15, -0.1) is 0 Å². The van der Waals surface area contributed by atoms with Gasteiger partial charge in [0.25, 0.3) is 0 Å². The minimum atomic E-state index is -3.96. The molecule has 0 heterocycles. The van der Waals surface area contributed by atoms with E-state index in [1.807, 2.05) is 0 Å². The molecule has 0 saturated heterocycles. The number of benzene rings is 2. The van der Waals surface area contributed by atoms with Crippen molar-refractivity contribution in [2.24, 2.45) is 5.92 Å². The molecule has 0 aliphatic heterocycles. The molecule has 134 valence electrons. The van der Waals surface area contributed by atoms with Crippen LogP contribution in [0.1, 0.15) is 13.8 Å². The van der Waals surface area contributed by atoms with Crippen LogP contribution in [0.25, 0.3) is 0 Å². The van der Waals surface area contributed by atoms with Gasteiger partial charge in [-0.3, -0.25) is 4.79 Å². The van der Waals surface area contributed by atoms with Gasteiger partial charge >= 0.3 is 5.97 Å². The Labute approximate surface area is 151 Å². The zero-order valence-corrected chi connectivity index (χ0v) is 15.2. The minimum absolute atomic E-state index is 0.0501. The fourth-order valence-electron chi connectivity index (χ4n) is 2.05. The van der Waals surface area contributed by atoms with E-state index < -0.39 is 28.0 Å². The molecule has 0 radical (unpaired) electrons. The molecule has 2 rings (SSSR count). The highest BCUT2D eigenvalue weighted by atomic mass is 35.5. The van der Waals surface area contributed by atoms with Gasteiger partial charge in [-0.05, 0) is 42.3 Å². The van der Waals surface area contributed by atoms with Crippen molar-refractivity contribution in [3.8, 4) is 11.5 Å². The van der Waals surface area contributed by atoms with Crippen LogP contribution in [0.2, 0.25) is 5.02 Å². The molecule has 0 aliphatic carbocycles. The molecule has 0 amide bonds. The highest BCUT2D eigenvalue weighted by molar-refractivity contribution is 7.89. The lowest BCUT2D eigenvalue weighted by Crippen LogP contribution is -2.44. The molecule has 0 aliphatic rings. The molecule has 6 nitrogen and oxygen atoms in total. The molecule has 2 aromatic rings. The molecular formula is C17H18ClNO5S. The third-order valence-electron chi connectivity index (χ3n) is 3.41. The summed E-state index contributed by atoms with van der Waals surface area (Å²) in [5.41, 5.74) is 0. The number of rotatable bonds is 7. The molecule has 0 spiro atoms. The van der Waals surface area contributed by atoms with Crippen molar-refractivity contribution in [1.29, 1.82) is 0 Å². The number of carboxylic acid groups (broad SMARTS) is 1. The summed E-state index contributed by atoms with van der Waals surface area (Å²) in [6.45, 7) is 3.25. The number of para-hydroxylation sites is 1. The van der Waals surface area contributed by atoms with Gasteiger partial charge in [-0.25, -0.2) is 8.42 Å². The van der Waals surface area contributed by atoms with Gasteiger partial charge in [0.05, 0.1) is 9.92 Å². The lowest BCUT2D eigenvalue weighted by atomic mass is 10.1. The van der Waals surface area contributed by atoms with E-state index in [2.05, 4.69) is 4.72 Å². The summed E-state index contributed by atoms with van der Waals surface area (Å²) in [7, 11) is -3.96. The Morgan fingerprint density at radius 3 is 2.24 bits per heavy atom. The van der Waals surface area contributed by atoms with Crippen molar-refractivity contribution < 1.29 is 23.1 Å². The molecule has 2 aromatic carbocycles. The van der Waals surface area contributed by atoms with Gasteiger partial charge in [-0.2, -0.15) is 4.72 Å². The summed E-state index contributed by atoms with van der Waals surface area (Å²) in [5, 5.41) is 9.56. The van der Waals surface area contributed by atoms with Gasteiger partial charge in [-0.1, -0.05) is 37.6 Å². The van der Waals surface area contributed by atoms with Gasteiger partial charge in [0.2, 0.25) is 10.0 Å². The van der Waals surface area contributed by atoms with E-state index in [0.717, 1.165) is 0 Å². The SMILES string of the molecule is CC(C)[C@@H](NS(=O)(=O)c1ccc(Oc2ccccc2Cl)cc1)C(=O)O. The summed E-state index contributed by atoms with van der Waals surface area (Å²) in [4.78, 5) is 11.1. The zero-order valence-electron chi connectivity index (χ0n) is 13.6. The van der Waals surface area contributed by atoms with E-state index in [0.29, 0.717) is 16.5 Å². The van der Waals surface area contributed by atoms with Crippen LogP contribution in [0.3, 0.4) is 0 Å². The molecule has 0 fully saturated rings. The molecule has 0 unspecified atom stereocenters. The second-order valence-electron chi connectivity index (χ2n) is 5.69. The largest absolute Gasteiger partial charge is 0.480 e. The van der Waals surface area contributed by atoms with Crippen LogP contribution < -0.4 is 9.46 Å². The van der Waals surface area contributed by atoms with Crippen molar-refractivity contribution in [2.45, 2.75) is 24.8 Å². The summed E-state index contributed by atoms with van der Waals surface area (Å²) < 4.78 is 32.5. The van der Waals surface area contributed by atoms with Gasteiger partial charge in [0.1, 0.15) is 17.5 Å². The Bertz CT molecular complexity index is 850. The van der Waals surface area contributed by atoms with Crippen molar-refractivity contribution in [3.05, 3.63) is 53.6 Å². The topological polar surface area (TPSA) is 92.7 Å². The number of aliphatic carboxylic acids is 1. The predicted molar refractivity (Wildman–Crippen MR) is 94.6 cm³/mol. The van der Waals surface area contributed by atoms with E-state index in [4.69, 9.17) is 21.4 Å². The highest BCUT2D eigenvalue weighted by Gasteiger charge is 2.27. The van der Waals surface area contributed by atoms with Gasteiger partial charge in [0, 0.05) is 0 Å². The van der Waals surface area contributed by atoms with Crippen LogP contribution in [0.5, 0.6) is 11.5 Å². The summed E-state index contributed by atoms with van der Waals surface area (Å²) in [6.07, 6.45) is 0. The quantitative estimate of drug-likeness (QED) is 0.763. The Hall–Kier alpha value is -2.09. The monoisotopic (exact) mass is 383 g/mol. The van der Waals surface area contributed by atoms with E-state index in [9.17, 15) is 13.2 Å². The number of halogens is 1. The number of nitrogens with one attached hydrogen (secondary N) is 1. The number of carboxylic acids is 1. The van der Waals surface area contributed by atoms with Crippen molar-refractivity contribution in [2.75, 3.05) is 0 Å². The maximum absolute atomic E-state index is 12.3. The summed E-state index contributed by atoms with van der Waals surface area (Å²) >= 11 is 6.01. The minimum Gasteiger partial charge on any atom is -0.480 e. The fourth-order valence-corrected chi connectivity index (χ4v) is 3.56. The lowest BCUT2D eigenvalue weighted by molar-refractivity contribution is -0.140. The van der Waals surface area contributed by atoms with E-state index in [1.165, 1.54) is 24.3 Å². The van der Waals surface area contributed by atoms with Crippen LogP contribution in [0.4, 0.5) is 0 Å². The maximum Gasteiger partial charge on any atom is 0.322 e. The Balaban J connectivity index is 2.18. The molecular weight excluding hydrogens is 366 g/mol. The Kier molecular flexibility index (Phi) is 6.05. The van der Waals surface area contributed by atoms with Gasteiger partial charge < -0.3 is 9.84 Å². The van der Waals surface area contributed by atoms with E-state index in [-0.39, 0.29) is 4.90 Å². The highest BCUT2D eigenvalue weighted by Crippen LogP contribution is 2.29. The molecule has 1 atom stereocenters. The standard InChI is InChI=1S/C17H18ClNO5S/c1-11(2)16(17(20)21)19-25(22,23)13-9-7-12(8-10-13)24-15-6-4-3-5-14(15)18/h3-11,16,19H,1-2H3,(H,20,21)/t16-/m1/s1. The fraction of sp³-hybridized carbons (Fsp3) is 0.235. The number of carbonyl (C=O) groups is 1. The van der Waals surface area contributed by atoms with E-state index in [1.54, 1.807) is 38.1 Å². The van der Waals surface area contributed by atoms with Crippen LogP contribution in [0.15, 0.2) is 53.4 Å². The van der Waals surface area contributed by atoms with Gasteiger partial charge in [0.15, 0.2) is 0 Å². The zero-order chi connectivity index (χ0) is 18.6. The number of sulfonamides is 1. The van der Waals surface area contributed by atoms with Crippen LogP contribution in [-0.4, -0.2) is 25.5 Å². The van der Waals surface area contributed by atoms with Crippen LogP contribution in [0, 0.1) is 5.92 Å². The second-order valence-corrected chi connectivity index (χ2v) is 7.81. The molecule has 0 aromatic heterocycles. The van der Waals surface area contributed by atoms with Crippen molar-refractivity contribution >= 4 is 27.6 Å². The first-order valence-electron chi connectivity index (χ1n) is 7.48. The van der Waals surface area contributed by atoms with Crippen molar-refractivity contribution in [3.63, 3.8) is 0 Å². The first kappa shape index (κ1) is 19.2. The summed E-state index contributed by atoms with van der Waals surface area (Å²) in [5.74, 6) is -0.762. The summed E-state index contributed by atoms with van der Waals surface area (Å²) in [6, 6.07) is 11.3. The molecule has 8 heteroatoms. The first-order valence-corrected chi connectivity index (χ1v) is 9.34. The second kappa shape index (κ2) is 7.86. The normalized spacial score (nSPS) is 12.8. The molecule has 2 N–H and O–H groups in total. The third-order valence-corrected chi connectivity index (χ3v) is 5.18. The lowest BCUT2D eigenvalue weighted by Gasteiger charge is -2.18. The average Bonchev–Trinajstić information content (AvgIpc) is 2.55. The van der Waals surface area contributed by atoms with Crippen molar-refractivity contribution in [1.82, 2.24) is 4.72 Å². The van der Waals surface area contributed by atoms with E-state index >= 15 is 0 Å². The van der Waals surface area contributed by atoms with Crippen LogP contribution >= 0.6 is 11.6 Å². The first-order chi connectivity index (χ1) is 11.7. The average molecular weight is 384 g/mol. The molecule has 0 bridgehead atoms. The van der Waals surface area contributed by atoms with Crippen LogP contribution in [-0.2, 0) is 14.8 Å².